The van der Waals surface area contributed by atoms with Crippen LogP contribution >= 0.6 is 11.3 Å². The molecular formula is C20H23N5O2S. The molecule has 2 aliphatic heterocycles. The molecule has 2 aliphatic rings. The highest BCUT2D eigenvalue weighted by atomic mass is 32.1. The summed E-state index contributed by atoms with van der Waals surface area (Å²) in [6.45, 7) is 6.36. The molecule has 8 heteroatoms. The van der Waals surface area contributed by atoms with Crippen LogP contribution in [-0.2, 0) is 31.4 Å². The standard InChI is InChI=1S/C20H23N5O2S/c1-23-13-21-17-10-14(2-3-15(17)20(23)26)25-7-5-24(6-8-25)11-19-22-16-4-9-27-12-18(16)28-19/h2-3,10,13H,4-9,11-12H2,1H3. The second kappa shape index (κ2) is 7.27. The molecule has 1 aromatic carbocycles. The lowest BCUT2D eigenvalue weighted by atomic mass is 10.2. The van der Waals surface area contributed by atoms with E-state index in [1.807, 2.05) is 18.2 Å². The molecule has 7 nitrogen and oxygen atoms in total. The zero-order valence-electron chi connectivity index (χ0n) is 15.9. The van der Waals surface area contributed by atoms with E-state index >= 15 is 0 Å². The molecule has 0 bridgehead atoms. The van der Waals surface area contributed by atoms with Gasteiger partial charge in [0.05, 0.1) is 47.6 Å². The number of ether oxygens (including phenoxy) is 1. The first-order valence-corrected chi connectivity index (χ1v) is 10.5. The first-order chi connectivity index (χ1) is 13.7. The lowest BCUT2D eigenvalue weighted by Gasteiger charge is -2.35. The minimum absolute atomic E-state index is 0.00193. The maximum absolute atomic E-state index is 12.2. The van der Waals surface area contributed by atoms with Crippen LogP contribution in [0.3, 0.4) is 0 Å². The minimum atomic E-state index is -0.00193. The number of fused-ring (bicyclic) bond motifs is 2. The average Bonchev–Trinajstić information content (AvgIpc) is 3.13. The Hall–Kier alpha value is -2.29. The van der Waals surface area contributed by atoms with Gasteiger partial charge >= 0.3 is 0 Å². The topological polar surface area (TPSA) is 63.5 Å². The van der Waals surface area contributed by atoms with Crippen LogP contribution in [0.25, 0.3) is 10.9 Å². The molecule has 146 valence electrons. The van der Waals surface area contributed by atoms with Gasteiger partial charge in [0.15, 0.2) is 0 Å². The van der Waals surface area contributed by atoms with Crippen molar-refractivity contribution in [1.82, 2.24) is 19.4 Å². The summed E-state index contributed by atoms with van der Waals surface area (Å²) in [6, 6.07) is 5.96. The molecule has 5 rings (SSSR count). The van der Waals surface area contributed by atoms with Crippen LogP contribution in [0.5, 0.6) is 0 Å². The van der Waals surface area contributed by atoms with E-state index in [4.69, 9.17) is 9.72 Å². The van der Waals surface area contributed by atoms with Crippen molar-refractivity contribution in [3.8, 4) is 0 Å². The second-order valence-electron chi connectivity index (χ2n) is 7.41. The van der Waals surface area contributed by atoms with Crippen LogP contribution < -0.4 is 10.5 Å². The quantitative estimate of drug-likeness (QED) is 0.671. The van der Waals surface area contributed by atoms with Gasteiger partial charge in [0, 0.05) is 45.3 Å². The molecule has 0 N–H and O–H groups in total. The maximum Gasteiger partial charge on any atom is 0.260 e. The van der Waals surface area contributed by atoms with Crippen LogP contribution in [0.1, 0.15) is 15.6 Å². The van der Waals surface area contributed by atoms with Crippen molar-refractivity contribution in [3.63, 3.8) is 0 Å². The summed E-state index contributed by atoms with van der Waals surface area (Å²) in [7, 11) is 1.73. The van der Waals surface area contributed by atoms with Crippen LogP contribution in [-0.4, -0.2) is 52.2 Å². The highest BCUT2D eigenvalue weighted by Gasteiger charge is 2.21. The highest BCUT2D eigenvalue weighted by molar-refractivity contribution is 7.11. The molecule has 1 fully saturated rings. The van der Waals surface area contributed by atoms with Crippen LogP contribution in [0.2, 0.25) is 0 Å². The molecule has 0 saturated carbocycles. The lowest BCUT2D eigenvalue weighted by molar-refractivity contribution is 0.112. The number of anilines is 1. The van der Waals surface area contributed by atoms with Gasteiger partial charge in [-0.1, -0.05) is 0 Å². The number of hydrogen-bond donors (Lipinski definition) is 0. The Morgan fingerprint density at radius 3 is 2.89 bits per heavy atom. The lowest BCUT2D eigenvalue weighted by Crippen LogP contribution is -2.46. The number of aromatic nitrogens is 3. The van der Waals surface area contributed by atoms with Crippen molar-refractivity contribution in [2.24, 2.45) is 7.05 Å². The van der Waals surface area contributed by atoms with Gasteiger partial charge in [-0.05, 0) is 18.2 Å². The summed E-state index contributed by atoms with van der Waals surface area (Å²) in [4.78, 5) is 27.6. The Labute approximate surface area is 167 Å². The number of rotatable bonds is 3. The van der Waals surface area contributed by atoms with E-state index in [-0.39, 0.29) is 5.56 Å². The van der Waals surface area contributed by atoms with Gasteiger partial charge in [0.2, 0.25) is 0 Å². The zero-order valence-corrected chi connectivity index (χ0v) is 16.7. The summed E-state index contributed by atoms with van der Waals surface area (Å²) < 4.78 is 7.05. The SMILES string of the molecule is Cn1cnc2cc(N3CCN(Cc4nc5c(s4)COCC5)CC3)ccc2c1=O. The fourth-order valence-electron chi connectivity index (χ4n) is 3.90. The second-order valence-corrected chi connectivity index (χ2v) is 8.57. The van der Waals surface area contributed by atoms with Gasteiger partial charge in [0.1, 0.15) is 5.01 Å². The van der Waals surface area contributed by atoms with E-state index in [9.17, 15) is 4.79 Å². The Balaban J connectivity index is 1.25. The third-order valence-electron chi connectivity index (χ3n) is 5.54. The van der Waals surface area contributed by atoms with E-state index in [0.717, 1.165) is 63.6 Å². The van der Waals surface area contributed by atoms with Gasteiger partial charge in [-0.25, -0.2) is 9.97 Å². The van der Waals surface area contributed by atoms with Crippen LogP contribution in [0, 0.1) is 0 Å². The maximum atomic E-state index is 12.2. The fourth-order valence-corrected chi connectivity index (χ4v) is 4.99. The Bertz CT molecular complexity index is 1040. The predicted octanol–water partition coefficient (Wildman–Crippen LogP) is 1.78. The van der Waals surface area contributed by atoms with Crippen molar-refractivity contribution in [1.29, 1.82) is 0 Å². The number of aryl methyl sites for hydroxylation is 1. The van der Waals surface area contributed by atoms with Crippen molar-refractivity contribution < 1.29 is 4.74 Å². The van der Waals surface area contributed by atoms with Crippen LogP contribution in [0.4, 0.5) is 5.69 Å². The normalized spacial score (nSPS) is 17.8. The number of benzene rings is 1. The zero-order chi connectivity index (χ0) is 19.1. The fraction of sp³-hybridized carbons (Fsp3) is 0.450. The smallest absolute Gasteiger partial charge is 0.260 e. The third kappa shape index (κ3) is 3.32. The van der Waals surface area contributed by atoms with Crippen molar-refractivity contribution in [2.75, 3.05) is 37.7 Å². The van der Waals surface area contributed by atoms with E-state index in [2.05, 4.69) is 14.8 Å². The molecule has 0 amide bonds. The van der Waals surface area contributed by atoms with Gasteiger partial charge in [0.25, 0.3) is 5.56 Å². The van der Waals surface area contributed by atoms with Crippen LogP contribution in [0.15, 0.2) is 29.3 Å². The van der Waals surface area contributed by atoms with Gasteiger partial charge in [-0.3, -0.25) is 9.69 Å². The number of nitrogens with zero attached hydrogens (tertiary/aromatic N) is 5. The van der Waals surface area contributed by atoms with Crippen molar-refractivity contribution in [2.45, 2.75) is 19.6 Å². The minimum Gasteiger partial charge on any atom is -0.375 e. The Kier molecular flexibility index (Phi) is 4.62. The first kappa shape index (κ1) is 17.8. The molecule has 0 spiro atoms. The van der Waals surface area contributed by atoms with E-state index in [1.54, 1.807) is 24.7 Å². The van der Waals surface area contributed by atoms with Gasteiger partial charge < -0.3 is 14.2 Å². The highest BCUT2D eigenvalue weighted by Crippen LogP contribution is 2.25. The molecule has 0 atom stereocenters. The average molecular weight is 398 g/mol. The summed E-state index contributed by atoms with van der Waals surface area (Å²) in [5.74, 6) is 0. The predicted molar refractivity (Wildman–Crippen MR) is 110 cm³/mol. The van der Waals surface area contributed by atoms with Gasteiger partial charge in [-0.15, -0.1) is 11.3 Å². The molecule has 3 aromatic rings. The Morgan fingerprint density at radius 1 is 1.21 bits per heavy atom. The molecule has 28 heavy (non-hydrogen) atoms. The molecule has 0 unspecified atom stereocenters. The Morgan fingerprint density at radius 2 is 2.07 bits per heavy atom. The molecule has 0 aliphatic carbocycles. The van der Waals surface area contributed by atoms with E-state index in [0.29, 0.717) is 5.39 Å². The monoisotopic (exact) mass is 397 g/mol. The first-order valence-electron chi connectivity index (χ1n) is 9.65. The third-order valence-corrected chi connectivity index (χ3v) is 6.59. The summed E-state index contributed by atoms with van der Waals surface area (Å²) >= 11 is 1.80. The molecule has 4 heterocycles. The van der Waals surface area contributed by atoms with Gasteiger partial charge in [-0.2, -0.15) is 0 Å². The summed E-state index contributed by atoms with van der Waals surface area (Å²) in [5, 5.41) is 1.87. The largest absolute Gasteiger partial charge is 0.375 e. The number of hydrogen-bond acceptors (Lipinski definition) is 7. The molecular weight excluding hydrogens is 374 g/mol. The van der Waals surface area contributed by atoms with Crippen molar-refractivity contribution in [3.05, 3.63) is 50.5 Å². The number of piperazine rings is 1. The van der Waals surface area contributed by atoms with E-state index < -0.39 is 0 Å². The summed E-state index contributed by atoms with van der Waals surface area (Å²) in [6.07, 6.45) is 2.53. The summed E-state index contributed by atoms with van der Waals surface area (Å²) in [5.41, 5.74) is 3.13. The molecule has 2 aromatic heterocycles. The van der Waals surface area contributed by atoms with E-state index in [1.165, 1.54) is 20.1 Å². The van der Waals surface area contributed by atoms with Crippen molar-refractivity contribution >= 4 is 27.9 Å². The molecule has 1 saturated heterocycles. The molecule has 0 radical (unpaired) electrons. The number of thiazole rings is 1.